The highest BCUT2D eigenvalue weighted by Gasteiger charge is 2.25. The van der Waals surface area contributed by atoms with E-state index in [1.807, 2.05) is 24.1 Å². The summed E-state index contributed by atoms with van der Waals surface area (Å²) in [4.78, 5) is 30.4. The predicted molar refractivity (Wildman–Crippen MR) is 94.1 cm³/mol. The number of amides is 2. The van der Waals surface area contributed by atoms with Crippen molar-refractivity contribution in [3.05, 3.63) is 23.9 Å². The van der Waals surface area contributed by atoms with Gasteiger partial charge in [-0.15, -0.1) is 11.8 Å². The average molecular weight is 351 g/mol. The summed E-state index contributed by atoms with van der Waals surface area (Å²) in [6.45, 7) is 4.61. The Hall–Kier alpha value is -1.60. The number of pyridine rings is 1. The first kappa shape index (κ1) is 18.7. The third-order valence-corrected chi connectivity index (χ3v) is 4.83. The lowest BCUT2D eigenvalue weighted by molar-refractivity contribution is -0.125. The van der Waals surface area contributed by atoms with Crippen molar-refractivity contribution in [3.8, 4) is 0 Å². The number of rotatable bonds is 7. The molecule has 1 aromatic rings. The molecule has 0 saturated carbocycles. The highest BCUT2D eigenvalue weighted by Crippen LogP contribution is 2.22. The summed E-state index contributed by atoms with van der Waals surface area (Å²) in [6.07, 6.45) is 5.43. The molecule has 0 atom stereocenters. The van der Waals surface area contributed by atoms with Crippen LogP contribution in [0.15, 0.2) is 23.4 Å². The zero-order valence-electron chi connectivity index (χ0n) is 14.3. The molecule has 6 nitrogen and oxygen atoms in total. The molecule has 1 fully saturated rings. The second-order valence-corrected chi connectivity index (χ2v) is 6.53. The second-order valence-electron chi connectivity index (χ2n) is 5.74. The molecule has 1 aromatic heterocycles. The molecular formula is C17H25N3O3S. The molecular weight excluding hydrogens is 326 g/mol. The summed E-state index contributed by atoms with van der Waals surface area (Å²) in [5.74, 6) is 0.384. The molecule has 24 heavy (non-hydrogen) atoms. The molecule has 1 aliphatic heterocycles. The summed E-state index contributed by atoms with van der Waals surface area (Å²) >= 11 is 1.49. The molecule has 0 bridgehead atoms. The third kappa shape index (κ3) is 5.21. The largest absolute Gasteiger partial charge is 0.372 e. The molecule has 7 heteroatoms. The summed E-state index contributed by atoms with van der Waals surface area (Å²) < 4.78 is 5.08. The SMILES string of the molecule is CCOCC(=O)NCC1CCN(C(=O)c2cccnc2SC)CC1. The average Bonchev–Trinajstić information content (AvgIpc) is 2.64. The van der Waals surface area contributed by atoms with Gasteiger partial charge in [0.25, 0.3) is 5.91 Å². The molecule has 0 aliphatic carbocycles. The van der Waals surface area contributed by atoms with E-state index >= 15 is 0 Å². The summed E-state index contributed by atoms with van der Waals surface area (Å²) in [6, 6.07) is 3.63. The Kier molecular flexibility index (Phi) is 7.52. The van der Waals surface area contributed by atoms with E-state index in [4.69, 9.17) is 4.74 Å². The first-order chi connectivity index (χ1) is 11.7. The van der Waals surface area contributed by atoms with E-state index in [9.17, 15) is 9.59 Å². The third-order valence-electron chi connectivity index (χ3n) is 4.12. The molecule has 2 amide bonds. The highest BCUT2D eigenvalue weighted by molar-refractivity contribution is 7.98. The molecule has 0 spiro atoms. The van der Waals surface area contributed by atoms with E-state index in [0.29, 0.717) is 37.7 Å². The minimum absolute atomic E-state index is 0.0475. The Morgan fingerprint density at radius 1 is 1.42 bits per heavy atom. The molecule has 0 unspecified atom stereocenters. The van der Waals surface area contributed by atoms with Gasteiger partial charge in [-0.3, -0.25) is 9.59 Å². The van der Waals surface area contributed by atoms with Crippen molar-refractivity contribution in [2.45, 2.75) is 24.8 Å². The molecule has 2 rings (SSSR count). The fourth-order valence-corrected chi connectivity index (χ4v) is 3.27. The monoisotopic (exact) mass is 351 g/mol. The first-order valence-electron chi connectivity index (χ1n) is 8.28. The molecule has 2 heterocycles. The molecule has 1 N–H and O–H groups in total. The maximum absolute atomic E-state index is 12.7. The van der Waals surface area contributed by atoms with Crippen molar-refractivity contribution in [2.75, 3.05) is 39.1 Å². The van der Waals surface area contributed by atoms with Gasteiger partial charge in [-0.1, -0.05) is 0 Å². The molecule has 1 saturated heterocycles. The van der Waals surface area contributed by atoms with Crippen LogP contribution < -0.4 is 5.32 Å². The van der Waals surface area contributed by atoms with Crippen LogP contribution in [0.4, 0.5) is 0 Å². The number of nitrogens with zero attached hydrogens (tertiary/aromatic N) is 2. The molecule has 132 valence electrons. The maximum atomic E-state index is 12.7. The van der Waals surface area contributed by atoms with Gasteiger partial charge >= 0.3 is 0 Å². The first-order valence-corrected chi connectivity index (χ1v) is 9.50. The smallest absolute Gasteiger partial charge is 0.256 e. The Morgan fingerprint density at radius 2 is 2.17 bits per heavy atom. The molecule has 1 aliphatic rings. The van der Waals surface area contributed by atoms with Gasteiger partial charge in [0.05, 0.1) is 5.56 Å². The second kappa shape index (κ2) is 9.64. The van der Waals surface area contributed by atoms with Gasteiger partial charge in [0.2, 0.25) is 5.91 Å². The van der Waals surface area contributed by atoms with Gasteiger partial charge in [-0.2, -0.15) is 0 Å². The zero-order chi connectivity index (χ0) is 17.4. The van der Waals surface area contributed by atoms with E-state index < -0.39 is 0 Å². The van der Waals surface area contributed by atoms with Gasteiger partial charge in [-0.05, 0) is 44.1 Å². The van der Waals surface area contributed by atoms with Crippen molar-refractivity contribution >= 4 is 23.6 Å². The predicted octanol–water partition coefficient (Wildman–Crippen LogP) is 1.81. The minimum atomic E-state index is -0.0738. The van der Waals surface area contributed by atoms with Crippen LogP contribution in [0.1, 0.15) is 30.1 Å². The van der Waals surface area contributed by atoms with Gasteiger partial charge in [0.15, 0.2) is 0 Å². The van der Waals surface area contributed by atoms with Crippen LogP contribution in [-0.4, -0.2) is 60.8 Å². The zero-order valence-corrected chi connectivity index (χ0v) is 15.1. The van der Waals surface area contributed by atoms with Crippen molar-refractivity contribution < 1.29 is 14.3 Å². The highest BCUT2D eigenvalue weighted by atomic mass is 32.2. The fourth-order valence-electron chi connectivity index (χ4n) is 2.73. The topological polar surface area (TPSA) is 71.5 Å². The van der Waals surface area contributed by atoms with Gasteiger partial charge in [0.1, 0.15) is 11.6 Å². The van der Waals surface area contributed by atoms with Gasteiger partial charge < -0.3 is 15.0 Å². The Morgan fingerprint density at radius 3 is 2.83 bits per heavy atom. The van der Waals surface area contributed by atoms with E-state index in [0.717, 1.165) is 17.9 Å². The number of hydrogen-bond donors (Lipinski definition) is 1. The number of thioether (sulfide) groups is 1. The van der Waals surface area contributed by atoms with Crippen molar-refractivity contribution in [3.63, 3.8) is 0 Å². The van der Waals surface area contributed by atoms with E-state index in [-0.39, 0.29) is 18.4 Å². The summed E-state index contributed by atoms with van der Waals surface area (Å²) in [7, 11) is 0. The number of ether oxygens (including phenoxy) is 1. The lowest BCUT2D eigenvalue weighted by atomic mass is 9.96. The number of hydrogen-bond acceptors (Lipinski definition) is 5. The fraction of sp³-hybridized carbons (Fsp3) is 0.588. The van der Waals surface area contributed by atoms with Crippen molar-refractivity contribution in [1.82, 2.24) is 15.2 Å². The van der Waals surface area contributed by atoms with Crippen LogP contribution in [0, 0.1) is 5.92 Å². The van der Waals surface area contributed by atoms with Crippen LogP contribution in [0.3, 0.4) is 0 Å². The minimum Gasteiger partial charge on any atom is -0.372 e. The van der Waals surface area contributed by atoms with Crippen molar-refractivity contribution in [2.24, 2.45) is 5.92 Å². The van der Waals surface area contributed by atoms with Crippen molar-refractivity contribution in [1.29, 1.82) is 0 Å². The standard InChI is InChI=1S/C17H25N3O3S/c1-3-23-12-15(21)19-11-13-6-9-20(10-7-13)17(22)14-5-4-8-18-16(14)24-2/h4-5,8,13H,3,6-7,9-12H2,1-2H3,(H,19,21). The number of carbonyl (C=O) groups excluding carboxylic acids is 2. The van der Waals surface area contributed by atoms with Crippen LogP contribution in [-0.2, 0) is 9.53 Å². The quantitative estimate of drug-likeness (QED) is 0.759. The van der Waals surface area contributed by atoms with Gasteiger partial charge in [0, 0.05) is 32.4 Å². The van der Waals surface area contributed by atoms with Crippen LogP contribution >= 0.6 is 11.8 Å². The van der Waals surface area contributed by atoms with Gasteiger partial charge in [-0.25, -0.2) is 4.98 Å². The lowest BCUT2D eigenvalue weighted by Crippen LogP contribution is -2.42. The van der Waals surface area contributed by atoms with Crippen LogP contribution in [0.5, 0.6) is 0 Å². The van der Waals surface area contributed by atoms with Crippen LogP contribution in [0.2, 0.25) is 0 Å². The molecule has 0 aromatic carbocycles. The van der Waals surface area contributed by atoms with E-state index in [1.165, 1.54) is 11.8 Å². The molecule has 0 radical (unpaired) electrons. The lowest BCUT2D eigenvalue weighted by Gasteiger charge is -2.32. The number of carbonyl (C=O) groups is 2. The van der Waals surface area contributed by atoms with E-state index in [2.05, 4.69) is 10.3 Å². The Balaban J connectivity index is 1.80. The number of likely N-dealkylation sites (tertiary alicyclic amines) is 1. The maximum Gasteiger partial charge on any atom is 0.256 e. The summed E-state index contributed by atoms with van der Waals surface area (Å²) in [5.41, 5.74) is 0.675. The van der Waals surface area contributed by atoms with Crippen LogP contribution in [0.25, 0.3) is 0 Å². The van der Waals surface area contributed by atoms with E-state index in [1.54, 1.807) is 12.3 Å². The number of aromatic nitrogens is 1. The summed E-state index contributed by atoms with van der Waals surface area (Å²) in [5, 5.41) is 3.67. The Labute approximate surface area is 147 Å². The number of piperidine rings is 1. The number of nitrogens with one attached hydrogen (secondary N) is 1. The Bertz CT molecular complexity index is 560. The normalized spacial score (nSPS) is 15.3.